The summed E-state index contributed by atoms with van der Waals surface area (Å²) in [4.78, 5) is 4.85. The fourth-order valence-electron chi connectivity index (χ4n) is 3.28. The van der Waals surface area contributed by atoms with Gasteiger partial charge in [0, 0.05) is 37.3 Å². The number of aromatic amines is 1. The maximum Gasteiger partial charge on any atom is 0.223 e. The number of sulfone groups is 1. The molecule has 0 spiro atoms. The van der Waals surface area contributed by atoms with Crippen LogP contribution in [0.3, 0.4) is 0 Å². The first kappa shape index (κ1) is 17.1. The number of nitrogens with zero attached hydrogens (tertiary/aromatic N) is 3. The molecule has 26 heavy (non-hydrogen) atoms. The molecule has 2 aromatic carbocycles. The molecular weight excluding hydrogens is 348 g/mol. The van der Waals surface area contributed by atoms with Crippen LogP contribution in [-0.4, -0.2) is 56.7 Å². The van der Waals surface area contributed by atoms with Crippen molar-refractivity contribution in [3.63, 3.8) is 0 Å². The van der Waals surface area contributed by atoms with Crippen molar-refractivity contribution in [2.45, 2.75) is 16.8 Å². The number of anilines is 1. The van der Waals surface area contributed by atoms with E-state index in [-0.39, 0.29) is 9.92 Å². The number of nitrogens with one attached hydrogen (secondary N) is 1. The molecule has 1 fully saturated rings. The van der Waals surface area contributed by atoms with Gasteiger partial charge in [-0.1, -0.05) is 17.7 Å². The standard InChI is InChI=1S/C19H22N4O2S/c1-14-3-6-16(7-4-14)26(24,25)19-17-13-15(5-8-18(17)20-21-19)23-11-9-22(2)10-12-23/h3-8,13H,9-12H2,1-2H3,(H,20,21). The fraction of sp³-hybridized carbons (Fsp3) is 0.316. The van der Waals surface area contributed by atoms with Crippen LogP contribution in [0.5, 0.6) is 0 Å². The van der Waals surface area contributed by atoms with E-state index in [0.717, 1.165) is 37.4 Å². The number of H-pyrrole nitrogens is 1. The maximum absolute atomic E-state index is 13.1. The maximum atomic E-state index is 13.1. The third kappa shape index (κ3) is 2.97. The molecule has 0 amide bonds. The molecule has 7 heteroatoms. The van der Waals surface area contributed by atoms with E-state index < -0.39 is 9.84 Å². The first-order valence-electron chi connectivity index (χ1n) is 8.68. The Bertz CT molecular complexity index is 1030. The lowest BCUT2D eigenvalue weighted by molar-refractivity contribution is 0.313. The van der Waals surface area contributed by atoms with E-state index >= 15 is 0 Å². The summed E-state index contributed by atoms with van der Waals surface area (Å²) < 4.78 is 26.1. The Kier molecular flexibility index (Phi) is 4.20. The quantitative estimate of drug-likeness (QED) is 0.767. The van der Waals surface area contributed by atoms with E-state index in [2.05, 4.69) is 27.0 Å². The predicted octanol–water partition coefficient (Wildman–Crippen LogP) is 2.46. The van der Waals surface area contributed by atoms with Crippen LogP contribution in [0.2, 0.25) is 0 Å². The zero-order valence-electron chi connectivity index (χ0n) is 14.9. The molecule has 6 nitrogen and oxygen atoms in total. The van der Waals surface area contributed by atoms with Gasteiger partial charge in [0.15, 0.2) is 5.03 Å². The van der Waals surface area contributed by atoms with Crippen molar-refractivity contribution in [3.05, 3.63) is 48.0 Å². The lowest BCUT2D eigenvalue weighted by atomic mass is 10.2. The molecular formula is C19H22N4O2S. The Morgan fingerprint density at radius 3 is 2.38 bits per heavy atom. The van der Waals surface area contributed by atoms with E-state index in [4.69, 9.17) is 0 Å². The van der Waals surface area contributed by atoms with Crippen LogP contribution in [0.25, 0.3) is 10.9 Å². The second-order valence-electron chi connectivity index (χ2n) is 6.86. The Hall–Kier alpha value is -2.38. The van der Waals surface area contributed by atoms with E-state index in [1.807, 2.05) is 25.1 Å². The van der Waals surface area contributed by atoms with Crippen molar-refractivity contribution in [2.75, 3.05) is 38.1 Å². The number of aromatic nitrogens is 2. The molecule has 1 saturated heterocycles. The highest BCUT2D eigenvalue weighted by molar-refractivity contribution is 7.91. The number of likely N-dealkylation sites (N-methyl/N-ethyl adjacent to an activating group) is 1. The van der Waals surface area contributed by atoms with E-state index in [1.54, 1.807) is 24.3 Å². The van der Waals surface area contributed by atoms with Gasteiger partial charge in [0.05, 0.1) is 10.4 Å². The third-order valence-electron chi connectivity index (χ3n) is 4.97. The van der Waals surface area contributed by atoms with Crippen LogP contribution in [0, 0.1) is 6.92 Å². The molecule has 0 saturated carbocycles. The number of rotatable bonds is 3. The number of benzene rings is 2. The monoisotopic (exact) mass is 370 g/mol. The van der Waals surface area contributed by atoms with Crippen LogP contribution in [0.1, 0.15) is 5.56 Å². The molecule has 0 bridgehead atoms. The number of hydrogen-bond acceptors (Lipinski definition) is 5. The van der Waals surface area contributed by atoms with Crippen molar-refractivity contribution in [1.82, 2.24) is 15.1 Å². The van der Waals surface area contributed by atoms with Gasteiger partial charge in [-0.3, -0.25) is 5.10 Å². The minimum atomic E-state index is -3.64. The van der Waals surface area contributed by atoms with Gasteiger partial charge in [0.25, 0.3) is 0 Å². The highest BCUT2D eigenvalue weighted by atomic mass is 32.2. The summed E-state index contributed by atoms with van der Waals surface area (Å²) in [6.45, 7) is 5.79. The number of piperazine rings is 1. The summed E-state index contributed by atoms with van der Waals surface area (Å²) in [6, 6.07) is 12.7. The first-order chi connectivity index (χ1) is 12.4. The first-order valence-corrected chi connectivity index (χ1v) is 10.2. The summed E-state index contributed by atoms with van der Waals surface area (Å²) >= 11 is 0. The van der Waals surface area contributed by atoms with Crippen LogP contribution in [0.4, 0.5) is 5.69 Å². The molecule has 136 valence electrons. The van der Waals surface area contributed by atoms with Gasteiger partial charge >= 0.3 is 0 Å². The Morgan fingerprint density at radius 1 is 1.00 bits per heavy atom. The van der Waals surface area contributed by atoms with Gasteiger partial charge in [0.1, 0.15) is 0 Å². The average molecular weight is 370 g/mol. The molecule has 2 heterocycles. The lowest BCUT2D eigenvalue weighted by Gasteiger charge is -2.34. The summed E-state index contributed by atoms with van der Waals surface area (Å²) in [5.74, 6) is 0. The zero-order chi connectivity index (χ0) is 18.3. The van der Waals surface area contributed by atoms with E-state index in [0.29, 0.717) is 10.9 Å². The van der Waals surface area contributed by atoms with Crippen molar-refractivity contribution >= 4 is 26.4 Å². The van der Waals surface area contributed by atoms with Crippen molar-refractivity contribution in [1.29, 1.82) is 0 Å². The highest BCUT2D eigenvalue weighted by Crippen LogP contribution is 2.30. The molecule has 1 aliphatic rings. The smallest absolute Gasteiger partial charge is 0.223 e. The van der Waals surface area contributed by atoms with Gasteiger partial charge < -0.3 is 9.80 Å². The lowest BCUT2D eigenvalue weighted by Crippen LogP contribution is -2.44. The van der Waals surface area contributed by atoms with Crippen LogP contribution < -0.4 is 4.90 Å². The van der Waals surface area contributed by atoms with Gasteiger partial charge in [0.2, 0.25) is 9.84 Å². The van der Waals surface area contributed by atoms with Crippen LogP contribution >= 0.6 is 0 Å². The number of aryl methyl sites for hydroxylation is 1. The molecule has 3 aromatic rings. The molecule has 4 rings (SSSR count). The average Bonchev–Trinajstić information content (AvgIpc) is 3.06. The minimum Gasteiger partial charge on any atom is -0.369 e. The molecule has 0 unspecified atom stereocenters. The molecule has 1 N–H and O–H groups in total. The fourth-order valence-corrected chi connectivity index (χ4v) is 4.63. The van der Waals surface area contributed by atoms with Gasteiger partial charge in [-0.25, -0.2) is 8.42 Å². The molecule has 0 radical (unpaired) electrons. The largest absolute Gasteiger partial charge is 0.369 e. The minimum absolute atomic E-state index is 0.160. The topological polar surface area (TPSA) is 69.3 Å². The molecule has 1 aromatic heterocycles. The summed E-state index contributed by atoms with van der Waals surface area (Å²) in [5.41, 5.74) is 2.72. The summed E-state index contributed by atoms with van der Waals surface area (Å²) in [7, 11) is -1.53. The van der Waals surface area contributed by atoms with Crippen molar-refractivity contribution < 1.29 is 8.42 Å². The van der Waals surface area contributed by atoms with Crippen molar-refractivity contribution in [3.8, 4) is 0 Å². The predicted molar refractivity (Wildman–Crippen MR) is 102 cm³/mol. The second kappa shape index (κ2) is 6.41. The Balaban J connectivity index is 1.76. The van der Waals surface area contributed by atoms with Crippen LogP contribution in [-0.2, 0) is 9.84 Å². The zero-order valence-corrected chi connectivity index (χ0v) is 15.8. The Morgan fingerprint density at radius 2 is 1.69 bits per heavy atom. The summed E-state index contributed by atoms with van der Waals surface area (Å²) in [6.07, 6.45) is 0. The Labute approximate surface area is 153 Å². The van der Waals surface area contributed by atoms with Gasteiger partial charge in [-0.2, -0.15) is 5.10 Å². The van der Waals surface area contributed by atoms with Gasteiger partial charge in [-0.05, 0) is 44.3 Å². The van der Waals surface area contributed by atoms with E-state index in [9.17, 15) is 8.42 Å². The normalized spacial score (nSPS) is 16.3. The second-order valence-corrected chi connectivity index (χ2v) is 8.75. The van der Waals surface area contributed by atoms with Crippen LogP contribution in [0.15, 0.2) is 52.4 Å². The molecule has 0 atom stereocenters. The van der Waals surface area contributed by atoms with Crippen molar-refractivity contribution in [2.24, 2.45) is 0 Å². The third-order valence-corrected chi connectivity index (χ3v) is 6.71. The SMILES string of the molecule is Cc1ccc(S(=O)(=O)c2[nH]nc3ccc(N4CCN(C)CC4)cc23)cc1. The number of hydrogen-bond donors (Lipinski definition) is 1. The van der Waals surface area contributed by atoms with E-state index in [1.165, 1.54) is 0 Å². The molecule has 0 aliphatic carbocycles. The van der Waals surface area contributed by atoms with Gasteiger partial charge in [-0.15, -0.1) is 0 Å². The number of fused-ring (bicyclic) bond motifs is 1. The summed E-state index contributed by atoms with van der Waals surface area (Å²) in [5, 5.41) is 7.74. The molecule has 1 aliphatic heterocycles. The highest BCUT2D eigenvalue weighted by Gasteiger charge is 2.24.